The summed E-state index contributed by atoms with van der Waals surface area (Å²) in [7, 11) is 3.82. The fourth-order valence-corrected chi connectivity index (χ4v) is 1.83. The molecule has 0 saturated carbocycles. The molecule has 0 spiro atoms. The molecule has 2 rings (SSSR count). The third-order valence-electron chi connectivity index (χ3n) is 3.06. The maximum absolute atomic E-state index is 13.5. The highest BCUT2D eigenvalue weighted by atomic mass is 19.1. The molecule has 98 valence electrons. The number of carbonyl (C=O) groups is 1. The van der Waals surface area contributed by atoms with Crippen LogP contribution in [0.5, 0.6) is 0 Å². The van der Waals surface area contributed by atoms with Crippen LogP contribution < -0.4 is 4.90 Å². The number of hydrogen-bond acceptors (Lipinski definition) is 2. The van der Waals surface area contributed by atoms with Crippen LogP contribution in [0.3, 0.4) is 0 Å². The first-order chi connectivity index (χ1) is 8.99. The topological polar surface area (TPSA) is 20.3 Å². The molecule has 0 N–H and O–H groups in total. The zero-order valence-corrected chi connectivity index (χ0v) is 11.3. The van der Waals surface area contributed by atoms with Crippen molar-refractivity contribution in [1.82, 2.24) is 0 Å². The van der Waals surface area contributed by atoms with E-state index in [9.17, 15) is 9.18 Å². The van der Waals surface area contributed by atoms with E-state index >= 15 is 0 Å². The molecule has 19 heavy (non-hydrogen) atoms. The average molecular weight is 257 g/mol. The van der Waals surface area contributed by atoms with Crippen molar-refractivity contribution in [1.29, 1.82) is 0 Å². The summed E-state index contributed by atoms with van der Waals surface area (Å²) >= 11 is 0. The summed E-state index contributed by atoms with van der Waals surface area (Å²) in [5.41, 5.74) is 2.42. The Bertz CT molecular complexity index is 620. The molecular formula is C16H16FNO. The Labute approximate surface area is 112 Å². The van der Waals surface area contributed by atoms with Crippen molar-refractivity contribution >= 4 is 11.5 Å². The minimum Gasteiger partial charge on any atom is -0.378 e. The van der Waals surface area contributed by atoms with Crippen molar-refractivity contribution in [2.75, 3.05) is 19.0 Å². The van der Waals surface area contributed by atoms with Gasteiger partial charge in [0.2, 0.25) is 0 Å². The van der Waals surface area contributed by atoms with E-state index in [1.807, 2.05) is 31.1 Å². The highest BCUT2D eigenvalue weighted by Gasteiger charge is 2.11. The zero-order valence-electron chi connectivity index (χ0n) is 11.3. The molecule has 2 nitrogen and oxygen atoms in total. The van der Waals surface area contributed by atoms with Crippen LogP contribution in [0.2, 0.25) is 0 Å². The Morgan fingerprint density at radius 2 is 1.74 bits per heavy atom. The molecule has 0 aliphatic heterocycles. The van der Waals surface area contributed by atoms with Crippen molar-refractivity contribution in [3.8, 4) is 0 Å². The molecule has 0 unspecified atom stereocenters. The van der Waals surface area contributed by atoms with Gasteiger partial charge < -0.3 is 4.90 Å². The van der Waals surface area contributed by atoms with Crippen molar-refractivity contribution in [3.63, 3.8) is 0 Å². The van der Waals surface area contributed by atoms with E-state index in [1.54, 1.807) is 31.2 Å². The predicted octanol–water partition coefficient (Wildman–Crippen LogP) is 3.43. The smallest absolute Gasteiger partial charge is 0.193 e. The van der Waals surface area contributed by atoms with Crippen LogP contribution in [-0.2, 0) is 0 Å². The maximum atomic E-state index is 13.5. The van der Waals surface area contributed by atoms with E-state index in [0.717, 1.165) is 5.69 Å². The molecule has 0 fully saturated rings. The number of rotatable bonds is 3. The molecule has 0 bridgehead atoms. The first-order valence-electron chi connectivity index (χ1n) is 6.07. The summed E-state index contributed by atoms with van der Waals surface area (Å²) in [4.78, 5) is 14.2. The Hall–Kier alpha value is -2.16. The molecule has 0 aliphatic carbocycles. The van der Waals surface area contributed by atoms with Crippen LogP contribution in [0.4, 0.5) is 10.1 Å². The Morgan fingerprint density at radius 1 is 1.05 bits per heavy atom. The summed E-state index contributed by atoms with van der Waals surface area (Å²) in [6.45, 7) is 1.68. The largest absolute Gasteiger partial charge is 0.378 e. The Morgan fingerprint density at radius 3 is 2.37 bits per heavy atom. The Kier molecular flexibility index (Phi) is 3.65. The minimum absolute atomic E-state index is 0.164. The summed E-state index contributed by atoms with van der Waals surface area (Å²) < 4.78 is 13.5. The van der Waals surface area contributed by atoms with Crippen molar-refractivity contribution in [2.45, 2.75) is 6.92 Å². The number of ketones is 1. The highest BCUT2D eigenvalue weighted by Crippen LogP contribution is 2.18. The van der Waals surface area contributed by atoms with Gasteiger partial charge in [-0.3, -0.25) is 4.79 Å². The molecule has 0 amide bonds. The van der Waals surface area contributed by atoms with E-state index in [1.165, 1.54) is 6.07 Å². The lowest BCUT2D eigenvalue weighted by molar-refractivity contribution is 0.103. The number of benzene rings is 2. The monoisotopic (exact) mass is 257 g/mol. The molecular weight excluding hydrogens is 241 g/mol. The quantitative estimate of drug-likeness (QED) is 0.785. The minimum atomic E-state index is -0.352. The predicted molar refractivity (Wildman–Crippen MR) is 75.3 cm³/mol. The van der Waals surface area contributed by atoms with E-state index in [4.69, 9.17) is 0 Å². The van der Waals surface area contributed by atoms with Gasteiger partial charge in [-0.25, -0.2) is 4.39 Å². The summed E-state index contributed by atoms with van der Waals surface area (Å²) in [5, 5.41) is 0. The van der Waals surface area contributed by atoms with Crippen LogP contribution in [0.25, 0.3) is 0 Å². The number of aryl methyl sites for hydroxylation is 1. The molecule has 0 atom stereocenters. The second kappa shape index (κ2) is 5.22. The third-order valence-corrected chi connectivity index (χ3v) is 3.06. The lowest BCUT2D eigenvalue weighted by Crippen LogP contribution is -2.10. The van der Waals surface area contributed by atoms with Crippen molar-refractivity contribution in [2.24, 2.45) is 0 Å². The fourth-order valence-electron chi connectivity index (χ4n) is 1.83. The van der Waals surface area contributed by atoms with E-state index in [-0.39, 0.29) is 11.6 Å². The van der Waals surface area contributed by atoms with Gasteiger partial charge in [0.15, 0.2) is 5.78 Å². The van der Waals surface area contributed by atoms with Crippen molar-refractivity contribution < 1.29 is 9.18 Å². The summed E-state index contributed by atoms with van der Waals surface area (Å²) in [6.07, 6.45) is 0. The van der Waals surface area contributed by atoms with Crippen LogP contribution in [0, 0.1) is 12.7 Å². The third kappa shape index (κ3) is 2.81. The van der Waals surface area contributed by atoms with Gasteiger partial charge in [-0.15, -0.1) is 0 Å². The van der Waals surface area contributed by atoms with Gasteiger partial charge in [0.1, 0.15) is 5.82 Å². The van der Waals surface area contributed by atoms with Gasteiger partial charge in [0, 0.05) is 30.9 Å². The second-order valence-corrected chi connectivity index (χ2v) is 4.74. The summed E-state index contributed by atoms with van der Waals surface area (Å²) in [6, 6.07) is 11.9. The molecule has 3 heteroatoms. The molecule has 0 aromatic heterocycles. The second-order valence-electron chi connectivity index (χ2n) is 4.74. The van der Waals surface area contributed by atoms with Crippen LogP contribution in [-0.4, -0.2) is 19.9 Å². The van der Waals surface area contributed by atoms with E-state index < -0.39 is 0 Å². The SMILES string of the molecule is Cc1ccc(C(=O)c2cccc(N(C)C)c2)cc1F. The number of hydrogen-bond donors (Lipinski definition) is 0. The Balaban J connectivity index is 2.38. The molecule has 0 saturated heterocycles. The molecule has 2 aromatic carbocycles. The fraction of sp³-hybridized carbons (Fsp3) is 0.188. The first kappa shape index (κ1) is 13.3. The van der Waals surface area contributed by atoms with Crippen LogP contribution >= 0.6 is 0 Å². The normalized spacial score (nSPS) is 10.3. The van der Waals surface area contributed by atoms with Gasteiger partial charge in [0.25, 0.3) is 0 Å². The standard InChI is InChI=1S/C16H16FNO/c1-11-7-8-13(10-15(11)17)16(19)12-5-4-6-14(9-12)18(2)3/h4-10H,1-3H3. The lowest BCUT2D eigenvalue weighted by atomic mass is 10.0. The van der Waals surface area contributed by atoms with Gasteiger partial charge in [-0.2, -0.15) is 0 Å². The first-order valence-corrected chi connectivity index (χ1v) is 6.07. The van der Waals surface area contributed by atoms with E-state index in [0.29, 0.717) is 16.7 Å². The average Bonchev–Trinajstić information content (AvgIpc) is 2.41. The molecule has 0 heterocycles. The van der Waals surface area contributed by atoms with Crippen LogP contribution in [0.15, 0.2) is 42.5 Å². The number of carbonyl (C=O) groups excluding carboxylic acids is 1. The van der Waals surface area contributed by atoms with Crippen molar-refractivity contribution in [3.05, 3.63) is 65.0 Å². The number of anilines is 1. The van der Waals surface area contributed by atoms with E-state index in [2.05, 4.69) is 0 Å². The lowest BCUT2D eigenvalue weighted by Gasteiger charge is -2.13. The molecule has 0 aliphatic rings. The van der Waals surface area contributed by atoms with Gasteiger partial charge in [-0.05, 0) is 30.7 Å². The summed E-state index contributed by atoms with van der Waals surface area (Å²) in [5.74, 6) is -0.516. The zero-order chi connectivity index (χ0) is 14.0. The van der Waals surface area contributed by atoms with Crippen LogP contribution in [0.1, 0.15) is 21.5 Å². The molecule has 0 radical (unpaired) electrons. The highest BCUT2D eigenvalue weighted by molar-refractivity contribution is 6.09. The number of halogens is 1. The van der Waals surface area contributed by atoms with Gasteiger partial charge in [-0.1, -0.05) is 24.3 Å². The maximum Gasteiger partial charge on any atom is 0.193 e. The number of nitrogens with zero attached hydrogens (tertiary/aromatic N) is 1. The molecule has 2 aromatic rings. The van der Waals surface area contributed by atoms with Gasteiger partial charge >= 0.3 is 0 Å². The van der Waals surface area contributed by atoms with Gasteiger partial charge in [0.05, 0.1) is 0 Å².